The normalized spacial score (nSPS) is 26.5. The van der Waals surface area contributed by atoms with Crippen LogP contribution >= 0.6 is 0 Å². The zero-order valence-electron chi connectivity index (χ0n) is 13.8. The number of aliphatic carboxylic acids is 1. The van der Waals surface area contributed by atoms with Gasteiger partial charge in [0.2, 0.25) is 11.7 Å². The van der Waals surface area contributed by atoms with Gasteiger partial charge in [-0.15, -0.1) is 0 Å². The molecule has 1 saturated carbocycles. The van der Waals surface area contributed by atoms with Crippen molar-refractivity contribution in [1.29, 1.82) is 0 Å². The van der Waals surface area contributed by atoms with E-state index >= 15 is 0 Å². The summed E-state index contributed by atoms with van der Waals surface area (Å²) < 4.78 is 18.4. The van der Waals surface area contributed by atoms with Crippen molar-refractivity contribution in [3.05, 3.63) is 36.0 Å². The molecule has 1 saturated heterocycles. The molecule has 2 aliphatic rings. The Labute approximate surface area is 144 Å². The molecule has 6 nitrogen and oxygen atoms in total. The fourth-order valence-corrected chi connectivity index (χ4v) is 4.21. The third-order valence-electron chi connectivity index (χ3n) is 5.39. The van der Waals surface area contributed by atoms with Gasteiger partial charge in [0, 0.05) is 11.6 Å². The van der Waals surface area contributed by atoms with E-state index in [2.05, 4.69) is 10.1 Å². The molecule has 0 spiro atoms. The molecule has 2 heterocycles. The number of nitrogens with zero attached hydrogens (tertiary/aromatic N) is 3. The van der Waals surface area contributed by atoms with Crippen molar-refractivity contribution in [2.24, 2.45) is 5.92 Å². The highest BCUT2D eigenvalue weighted by molar-refractivity contribution is 5.74. The molecular weight excluding hydrogens is 325 g/mol. The van der Waals surface area contributed by atoms with E-state index in [9.17, 15) is 14.3 Å². The van der Waals surface area contributed by atoms with Crippen molar-refractivity contribution < 1.29 is 18.8 Å². The Morgan fingerprint density at radius 3 is 2.80 bits per heavy atom. The van der Waals surface area contributed by atoms with Gasteiger partial charge < -0.3 is 9.63 Å². The van der Waals surface area contributed by atoms with E-state index < -0.39 is 12.0 Å². The number of likely N-dealkylation sites (tertiary alicyclic amines) is 1. The number of carbonyl (C=O) groups is 1. The molecule has 1 aliphatic heterocycles. The van der Waals surface area contributed by atoms with E-state index in [4.69, 9.17) is 4.52 Å². The summed E-state index contributed by atoms with van der Waals surface area (Å²) in [5.41, 5.74) is 0.670. The number of aromatic nitrogens is 2. The zero-order chi connectivity index (χ0) is 17.4. The minimum absolute atomic E-state index is 0.274. The van der Waals surface area contributed by atoms with Gasteiger partial charge >= 0.3 is 5.97 Å². The van der Waals surface area contributed by atoms with Crippen LogP contribution in [0.15, 0.2) is 28.8 Å². The number of carboxylic acids is 1. The molecule has 3 atom stereocenters. The third kappa shape index (κ3) is 3.16. The van der Waals surface area contributed by atoms with E-state index in [-0.39, 0.29) is 11.9 Å². The first-order valence-electron chi connectivity index (χ1n) is 8.69. The van der Waals surface area contributed by atoms with Gasteiger partial charge in [-0.1, -0.05) is 18.0 Å². The predicted molar refractivity (Wildman–Crippen MR) is 87.0 cm³/mol. The van der Waals surface area contributed by atoms with Crippen molar-refractivity contribution in [3.8, 4) is 11.4 Å². The summed E-state index contributed by atoms with van der Waals surface area (Å²) in [6.45, 7) is 0.340. The van der Waals surface area contributed by atoms with Crippen molar-refractivity contribution in [3.63, 3.8) is 0 Å². The molecule has 1 aromatic heterocycles. The summed E-state index contributed by atoms with van der Waals surface area (Å²) in [5, 5.41) is 13.5. The lowest BCUT2D eigenvalue weighted by Gasteiger charge is -2.31. The minimum atomic E-state index is -0.785. The first kappa shape index (κ1) is 16.2. The van der Waals surface area contributed by atoms with Crippen LogP contribution in [0.2, 0.25) is 0 Å². The Morgan fingerprint density at radius 1 is 1.28 bits per heavy atom. The van der Waals surface area contributed by atoms with Crippen LogP contribution in [0.5, 0.6) is 0 Å². The summed E-state index contributed by atoms with van der Waals surface area (Å²) in [6.07, 6.45) is 5.12. The number of rotatable bonds is 4. The predicted octanol–water partition coefficient (Wildman–Crippen LogP) is 3.09. The van der Waals surface area contributed by atoms with Crippen molar-refractivity contribution in [2.45, 2.75) is 50.7 Å². The molecule has 1 aromatic carbocycles. The van der Waals surface area contributed by atoms with Crippen LogP contribution in [-0.2, 0) is 11.3 Å². The summed E-state index contributed by atoms with van der Waals surface area (Å²) in [7, 11) is 0. The molecule has 2 fully saturated rings. The van der Waals surface area contributed by atoms with Gasteiger partial charge in [-0.25, -0.2) is 4.39 Å². The van der Waals surface area contributed by atoms with Crippen LogP contribution < -0.4 is 0 Å². The number of halogens is 1. The molecule has 7 heteroatoms. The Hall–Kier alpha value is -2.28. The maximum Gasteiger partial charge on any atom is 0.320 e. The molecule has 0 amide bonds. The van der Waals surface area contributed by atoms with Crippen LogP contribution in [0.25, 0.3) is 11.4 Å². The highest BCUT2D eigenvalue weighted by Gasteiger charge is 2.45. The van der Waals surface area contributed by atoms with E-state index in [0.29, 0.717) is 36.2 Å². The highest BCUT2D eigenvalue weighted by atomic mass is 19.1. The van der Waals surface area contributed by atoms with Crippen LogP contribution in [0.4, 0.5) is 4.39 Å². The zero-order valence-corrected chi connectivity index (χ0v) is 13.8. The molecule has 132 valence electrons. The largest absolute Gasteiger partial charge is 0.480 e. The van der Waals surface area contributed by atoms with E-state index in [0.717, 1.165) is 19.3 Å². The summed E-state index contributed by atoms with van der Waals surface area (Å²) in [5.74, 6) is 0.122. The second-order valence-corrected chi connectivity index (χ2v) is 6.89. The maximum absolute atomic E-state index is 13.0. The monoisotopic (exact) mass is 345 g/mol. The lowest BCUT2D eigenvalue weighted by Crippen LogP contribution is -2.41. The number of hydrogen-bond acceptors (Lipinski definition) is 5. The third-order valence-corrected chi connectivity index (χ3v) is 5.39. The van der Waals surface area contributed by atoms with Gasteiger partial charge in [0.05, 0.1) is 6.54 Å². The van der Waals surface area contributed by atoms with Crippen molar-refractivity contribution >= 4 is 5.97 Å². The molecule has 0 bridgehead atoms. The standard InChI is InChI=1S/C18H20FN3O3/c19-13-7-5-11(6-8-13)17-20-16(25-21-17)10-22-14-4-2-1-3-12(14)9-15(22)18(23)24/h5-8,12,14-15H,1-4,9-10H2,(H,23,24). The van der Waals surface area contributed by atoms with Gasteiger partial charge in [0.1, 0.15) is 11.9 Å². The molecule has 3 unspecified atom stereocenters. The topological polar surface area (TPSA) is 79.5 Å². The SMILES string of the molecule is O=C(O)C1CC2CCCCC2N1Cc1nc(-c2ccc(F)cc2)no1. The molecule has 0 radical (unpaired) electrons. The van der Waals surface area contributed by atoms with Gasteiger partial charge in [-0.05, 0) is 49.4 Å². The Kier molecular flexibility index (Phi) is 4.25. The summed E-state index contributed by atoms with van der Waals surface area (Å²) >= 11 is 0. The lowest BCUT2D eigenvalue weighted by molar-refractivity contribution is -0.143. The lowest BCUT2D eigenvalue weighted by atomic mass is 9.85. The maximum atomic E-state index is 13.0. The number of carboxylic acid groups (broad SMARTS) is 1. The van der Waals surface area contributed by atoms with E-state index in [1.165, 1.54) is 18.6 Å². The van der Waals surface area contributed by atoms with Crippen LogP contribution in [-0.4, -0.2) is 38.2 Å². The molecular formula is C18H20FN3O3. The molecule has 1 aliphatic carbocycles. The first-order chi connectivity index (χ1) is 12.1. The first-order valence-corrected chi connectivity index (χ1v) is 8.69. The Balaban J connectivity index is 1.54. The van der Waals surface area contributed by atoms with E-state index in [1.807, 2.05) is 4.90 Å². The highest BCUT2D eigenvalue weighted by Crippen LogP contribution is 2.40. The second-order valence-electron chi connectivity index (χ2n) is 6.89. The van der Waals surface area contributed by atoms with Crippen LogP contribution in [0, 0.1) is 11.7 Å². The quantitative estimate of drug-likeness (QED) is 0.917. The van der Waals surface area contributed by atoms with Gasteiger partial charge in [0.15, 0.2) is 0 Å². The Bertz CT molecular complexity index is 761. The number of fused-ring (bicyclic) bond motifs is 1. The van der Waals surface area contributed by atoms with Crippen molar-refractivity contribution in [2.75, 3.05) is 0 Å². The minimum Gasteiger partial charge on any atom is -0.480 e. The molecule has 4 rings (SSSR count). The van der Waals surface area contributed by atoms with Crippen LogP contribution in [0.3, 0.4) is 0 Å². The average molecular weight is 345 g/mol. The average Bonchev–Trinajstić information content (AvgIpc) is 3.21. The van der Waals surface area contributed by atoms with Gasteiger partial charge in [0.25, 0.3) is 0 Å². The smallest absolute Gasteiger partial charge is 0.320 e. The number of hydrogen-bond donors (Lipinski definition) is 1. The second kappa shape index (κ2) is 6.55. The van der Waals surface area contributed by atoms with Gasteiger partial charge in [-0.3, -0.25) is 9.69 Å². The molecule has 1 N–H and O–H groups in total. The molecule has 25 heavy (non-hydrogen) atoms. The number of benzene rings is 1. The van der Waals surface area contributed by atoms with Crippen LogP contribution in [0.1, 0.15) is 38.0 Å². The molecule has 2 aromatic rings. The van der Waals surface area contributed by atoms with Gasteiger partial charge in [-0.2, -0.15) is 4.98 Å². The Morgan fingerprint density at radius 2 is 2.04 bits per heavy atom. The summed E-state index contributed by atoms with van der Waals surface area (Å²) in [4.78, 5) is 18.0. The van der Waals surface area contributed by atoms with Crippen molar-refractivity contribution in [1.82, 2.24) is 15.0 Å². The van der Waals surface area contributed by atoms with E-state index in [1.54, 1.807) is 12.1 Å². The fourth-order valence-electron chi connectivity index (χ4n) is 4.21. The summed E-state index contributed by atoms with van der Waals surface area (Å²) in [6, 6.07) is 5.66. The fraction of sp³-hybridized carbons (Fsp3) is 0.500.